The summed E-state index contributed by atoms with van der Waals surface area (Å²) in [4.78, 5) is 19.3. The summed E-state index contributed by atoms with van der Waals surface area (Å²) in [5.74, 6) is 0.514. The van der Waals surface area contributed by atoms with Crippen LogP contribution in [0.3, 0.4) is 0 Å². The molecular weight excluding hydrogens is 366 g/mol. The molecule has 29 heavy (non-hydrogen) atoms. The number of aromatic nitrogens is 2. The van der Waals surface area contributed by atoms with Gasteiger partial charge in [-0.25, -0.2) is 4.79 Å². The van der Waals surface area contributed by atoms with Crippen molar-refractivity contribution in [3.8, 4) is 11.4 Å². The van der Waals surface area contributed by atoms with Crippen molar-refractivity contribution < 1.29 is 14.1 Å². The second kappa shape index (κ2) is 7.79. The van der Waals surface area contributed by atoms with Crippen LogP contribution in [-0.2, 0) is 17.7 Å². The Labute approximate surface area is 169 Å². The Hall–Kier alpha value is -2.99. The average Bonchev–Trinajstić information content (AvgIpc) is 3.25. The zero-order valence-electron chi connectivity index (χ0n) is 16.2. The molecule has 2 aliphatic rings. The molecule has 0 bridgehead atoms. The van der Waals surface area contributed by atoms with Gasteiger partial charge in [-0.15, -0.1) is 0 Å². The van der Waals surface area contributed by atoms with Crippen LogP contribution < -0.4 is 0 Å². The summed E-state index contributed by atoms with van der Waals surface area (Å²) in [7, 11) is 0. The van der Waals surface area contributed by atoms with Gasteiger partial charge in [0.25, 0.3) is 5.89 Å². The Balaban J connectivity index is 1.34. The zero-order valence-corrected chi connectivity index (χ0v) is 16.2. The molecule has 3 aromatic rings. The van der Waals surface area contributed by atoms with Crippen LogP contribution in [-0.4, -0.2) is 34.1 Å². The van der Waals surface area contributed by atoms with Crippen molar-refractivity contribution in [3.63, 3.8) is 0 Å². The highest BCUT2D eigenvalue weighted by Gasteiger charge is 2.31. The highest BCUT2D eigenvalue weighted by molar-refractivity contribution is 5.92. The molecule has 5 rings (SSSR count). The predicted molar refractivity (Wildman–Crippen MR) is 107 cm³/mol. The van der Waals surface area contributed by atoms with Crippen molar-refractivity contribution in [3.05, 3.63) is 71.1 Å². The minimum absolute atomic E-state index is 0.337. The molecule has 1 aromatic heterocycles. The fourth-order valence-corrected chi connectivity index (χ4v) is 4.14. The molecule has 6 nitrogen and oxygen atoms in total. The van der Waals surface area contributed by atoms with Crippen molar-refractivity contribution in [2.24, 2.45) is 0 Å². The fraction of sp³-hybridized carbons (Fsp3) is 0.348. The van der Waals surface area contributed by atoms with E-state index in [0.717, 1.165) is 30.8 Å². The van der Waals surface area contributed by atoms with E-state index >= 15 is 0 Å². The maximum absolute atomic E-state index is 12.3. The fourth-order valence-electron chi connectivity index (χ4n) is 4.14. The summed E-state index contributed by atoms with van der Waals surface area (Å²) in [5.41, 5.74) is 3.71. The Bertz CT molecular complexity index is 1020. The molecule has 3 heterocycles. The number of rotatable bonds is 4. The lowest BCUT2D eigenvalue weighted by Crippen LogP contribution is -2.29. The number of esters is 1. The van der Waals surface area contributed by atoms with Gasteiger partial charge in [-0.05, 0) is 49.2 Å². The van der Waals surface area contributed by atoms with Crippen molar-refractivity contribution in [1.82, 2.24) is 15.0 Å². The molecule has 0 N–H and O–H groups in total. The lowest BCUT2D eigenvalue weighted by Gasteiger charge is -2.26. The maximum atomic E-state index is 12.3. The van der Waals surface area contributed by atoms with E-state index in [0.29, 0.717) is 23.7 Å². The number of cyclic esters (lactones) is 1. The van der Waals surface area contributed by atoms with Crippen LogP contribution in [0.2, 0.25) is 0 Å². The van der Waals surface area contributed by atoms with Gasteiger partial charge in [0.15, 0.2) is 6.10 Å². The summed E-state index contributed by atoms with van der Waals surface area (Å²) < 4.78 is 11.0. The van der Waals surface area contributed by atoms with Gasteiger partial charge in [-0.1, -0.05) is 48.0 Å². The lowest BCUT2D eigenvalue weighted by molar-refractivity contribution is 0.0168. The zero-order chi connectivity index (χ0) is 19.6. The summed E-state index contributed by atoms with van der Waals surface area (Å²) >= 11 is 0. The van der Waals surface area contributed by atoms with E-state index in [-0.39, 0.29) is 5.97 Å². The quantitative estimate of drug-likeness (QED) is 0.624. The van der Waals surface area contributed by atoms with Crippen LogP contribution in [0.1, 0.15) is 52.7 Å². The summed E-state index contributed by atoms with van der Waals surface area (Å²) in [6, 6.07) is 15.7. The monoisotopic (exact) mass is 389 g/mol. The van der Waals surface area contributed by atoms with Crippen LogP contribution in [0.4, 0.5) is 0 Å². The predicted octanol–water partition coefficient (Wildman–Crippen LogP) is 4.18. The first-order valence-electron chi connectivity index (χ1n) is 10.2. The maximum Gasteiger partial charge on any atom is 0.339 e. The third kappa shape index (κ3) is 3.80. The molecular formula is C23H23N3O3. The lowest BCUT2D eigenvalue weighted by atomic mass is 9.99. The van der Waals surface area contributed by atoms with Gasteiger partial charge in [0, 0.05) is 18.5 Å². The number of carbonyl (C=O) groups excluding carboxylic acids is 1. The highest BCUT2D eigenvalue weighted by atomic mass is 16.6. The van der Waals surface area contributed by atoms with Crippen LogP contribution in [0, 0.1) is 0 Å². The Morgan fingerprint density at radius 2 is 1.90 bits per heavy atom. The molecule has 0 saturated carbocycles. The molecule has 2 aromatic carbocycles. The number of fused-ring (bicyclic) bond motifs is 1. The number of hydrogen-bond acceptors (Lipinski definition) is 6. The normalized spacial score (nSPS) is 19.6. The Morgan fingerprint density at radius 3 is 2.79 bits per heavy atom. The second-order valence-corrected chi connectivity index (χ2v) is 7.75. The van der Waals surface area contributed by atoms with Crippen LogP contribution in [0.25, 0.3) is 11.4 Å². The molecule has 0 aliphatic carbocycles. The van der Waals surface area contributed by atoms with E-state index in [2.05, 4.69) is 27.2 Å². The number of piperidine rings is 1. The number of benzene rings is 2. The van der Waals surface area contributed by atoms with Crippen molar-refractivity contribution in [2.75, 3.05) is 13.1 Å². The first-order chi connectivity index (χ1) is 14.3. The number of carbonyl (C=O) groups is 1. The molecule has 6 heteroatoms. The van der Waals surface area contributed by atoms with E-state index in [1.807, 2.05) is 30.3 Å². The van der Waals surface area contributed by atoms with Gasteiger partial charge < -0.3 is 9.26 Å². The molecule has 0 radical (unpaired) electrons. The van der Waals surface area contributed by atoms with Gasteiger partial charge in [-0.3, -0.25) is 4.90 Å². The van der Waals surface area contributed by atoms with Crippen molar-refractivity contribution >= 4 is 5.97 Å². The van der Waals surface area contributed by atoms with E-state index in [1.165, 1.54) is 24.8 Å². The summed E-state index contributed by atoms with van der Waals surface area (Å²) in [6.07, 6.45) is 3.88. The first-order valence-corrected chi connectivity index (χ1v) is 10.2. The molecule has 0 spiro atoms. The van der Waals surface area contributed by atoms with E-state index in [9.17, 15) is 4.79 Å². The molecule has 0 amide bonds. The number of ether oxygens (including phenoxy) is 1. The van der Waals surface area contributed by atoms with E-state index in [1.54, 1.807) is 6.07 Å². The van der Waals surface area contributed by atoms with Crippen LogP contribution in [0.15, 0.2) is 53.1 Å². The summed E-state index contributed by atoms with van der Waals surface area (Å²) in [6.45, 7) is 3.26. The first kappa shape index (κ1) is 18.1. The molecule has 1 fully saturated rings. The topological polar surface area (TPSA) is 68.5 Å². The SMILES string of the molecule is O=C1O[C@@H](c2nc(-c3cccc(CN4CCCCC4)c3)no2)Cc2ccccc21. The van der Waals surface area contributed by atoms with Crippen molar-refractivity contribution in [1.29, 1.82) is 0 Å². The van der Waals surface area contributed by atoms with Gasteiger partial charge in [0.05, 0.1) is 5.56 Å². The van der Waals surface area contributed by atoms with Crippen LogP contribution >= 0.6 is 0 Å². The van der Waals surface area contributed by atoms with Gasteiger partial charge in [-0.2, -0.15) is 4.98 Å². The molecule has 148 valence electrons. The highest BCUT2D eigenvalue weighted by Crippen LogP contribution is 2.30. The minimum Gasteiger partial charge on any atom is -0.448 e. The Morgan fingerprint density at radius 1 is 1.03 bits per heavy atom. The molecule has 0 unspecified atom stereocenters. The van der Waals surface area contributed by atoms with E-state index in [4.69, 9.17) is 9.26 Å². The third-order valence-corrected chi connectivity index (χ3v) is 5.65. The van der Waals surface area contributed by atoms with Gasteiger partial charge >= 0.3 is 5.97 Å². The molecule has 2 aliphatic heterocycles. The second-order valence-electron chi connectivity index (χ2n) is 7.75. The largest absolute Gasteiger partial charge is 0.448 e. The van der Waals surface area contributed by atoms with Gasteiger partial charge in [0.1, 0.15) is 0 Å². The van der Waals surface area contributed by atoms with Gasteiger partial charge in [0.2, 0.25) is 5.82 Å². The van der Waals surface area contributed by atoms with E-state index < -0.39 is 6.10 Å². The molecule has 1 atom stereocenters. The van der Waals surface area contributed by atoms with Crippen molar-refractivity contribution in [2.45, 2.75) is 38.3 Å². The number of likely N-dealkylation sites (tertiary alicyclic amines) is 1. The average molecular weight is 389 g/mol. The minimum atomic E-state index is -0.546. The number of nitrogens with zero attached hydrogens (tertiary/aromatic N) is 3. The smallest absolute Gasteiger partial charge is 0.339 e. The van der Waals surface area contributed by atoms with Crippen LogP contribution in [0.5, 0.6) is 0 Å². The third-order valence-electron chi connectivity index (χ3n) is 5.65. The molecule has 1 saturated heterocycles. The number of hydrogen-bond donors (Lipinski definition) is 0. The Kier molecular flexibility index (Phi) is 4.86. The summed E-state index contributed by atoms with van der Waals surface area (Å²) in [5, 5.41) is 4.14. The standard InChI is InChI=1S/C23H23N3O3/c27-23-19-10-3-2-8-17(19)14-20(28-23)22-24-21(25-29-22)18-9-6-7-16(13-18)15-26-11-4-1-5-12-26/h2-3,6-10,13,20H,1,4-5,11-12,14-15H2/t20-/m1/s1.